The summed E-state index contributed by atoms with van der Waals surface area (Å²) in [5.41, 5.74) is 2.62. The molecule has 2 aliphatic heterocycles. The summed E-state index contributed by atoms with van der Waals surface area (Å²) in [5.74, 6) is 0.0348. The van der Waals surface area contributed by atoms with Gasteiger partial charge in [-0.25, -0.2) is 0 Å². The van der Waals surface area contributed by atoms with Crippen molar-refractivity contribution in [2.45, 2.75) is 19.3 Å². The minimum absolute atomic E-state index is 0.0313. The first-order chi connectivity index (χ1) is 13.5. The highest BCUT2D eigenvalue weighted by Crippen LogP contribution is 2.33. The summed E-state index contributed by atoms with van der Waals surface area (Å²) in [4.78, 5) is 36.2. The van der Waals surface area contributed by atoms with Gasteiger partial charge in [0.1, 0.15) is 13.2 Å². The third kappa shape index (κ3) is 3.55. The van der Waals surface area contributed by atoms with Crippen LogP contribution in [0.3, 0.4) is 0 Å². The fraction of sp³-hybridized carbons (Fsp3) is 0.286. The predicted molar refractivity (Wildman–Crippen MR) is 99.9 cm³/mol. The van der Waals surface area contributed by atoms with E-state index in [1.54, 1.807) is 43.3 Å². The molecule has 1 N–H and O–H groups in total. The van der Waals surface area contributed by atoms with Crippen molar-refractivity contribution in [2.75, 3.05) is 25.1 Å². The number of hydrogen-bond donors (Lipinski definition) is 1. The van der Waals surface area contributed by atoms with Crippen LogP contribution in [0.15, 0.2) is 36.4 Å². The Hall–Kier alpha value is -3.35. The number of hydrogen-bond acceptors (Lipinski definition) is 6. The molecule has 144 valence electrons. The minimum atomic E-state index is -0.503. The van der Waals surface area contributed by atoms with Gasteiger partial charge in [0.05, 0.1) is 12.3 Å². The number of amides is 1. The summed E-state index contributed by atoms with van der Waals surface area (Å²) in [6, 6.07) is 10.2. The summed E-state index contributed by atoms with van der Waals surface area (Å²) in [5, 5.41) is 2.76. The third-order valence-corrected chi connectivity index (χ3v) is 4.81. The number of esters is 1. The van der Waals surface area contributed by atoms with Crippen molar-refractivity contribution in [3.63, 3.8) is 0 Å². The zero-order valence-electron chi connectivity index (χ0n) is 15.3. The maximum absolute atomic E-state index is 12.4. The molecule has 28 heavy (non-hydrogen) atoms. The van der Waals surface area contributed by atoms with Crippen LogP contribution in [0.5, 0.6) is 11.5 Å². The first-order valence-electron chi connectivity index (χ1n) is 9.03. The van der Waals surface area contributed by atoms with Gasteiger partial charge in [0.15, 0.2) is 23.9 Å². The summed E-state index contributed by atoms with van der Waals surface area (Å²) in [6.07, 6.45) is 0.0313. The molecular formula is C21H19NO6. The molecule has 0 saturated heterocycles. The lowest BCUT2D eigenvalue weighted by molar-refractivity contribution is -0.141. The zero-order chi connectivity index (χ0) is 19.7. The molecule has 0 aliphatic carbocycles. The molecule has 2 aromatic rings. The summed E-state index contributed by atoms with van der Waals surface area (Å²) < 4.78 is 16.1. The number of anilines is 1. The van der Waals surface area contributed by atoms with E-state index in [0.717, 1.165) is 11.1 Å². The van der Waals surface area contributed by atoms with Crippen LogP contribution in [-0.2, 0) is 20.7 Å². The standard InChI is InChI=1S/C21H19NO6/c1-12-15-10-14(3-4-16(15)22-21(12)25)17(23)11-28-20(24)9-13-2-5-18-19(8-13)27-7-6-26-18/h2-5,8,10,12H,6-7,9,11H2,1H3,(H,22,25)/t12-/m0/s1. The fourth-order valence-electron chi connectivity index (χ4n) is 3.24. The van der Waals surface area contributed by atoms with Gasteiger partial charge in [-0.05, 0) is 48.4 Å². The van der Waals surface area contributed by atoms with Gasteiger partial charge in [-0.2, -0.15) is 0 Å². The summed E-state index contributed by atoms with van der Waals surface area (Å²) >= 11 is 0. The van der Waals surface area contributed by atoms with Gasteiger partial charge in [0, 0.05) is 11.3 Å². The number of carbonyl (C=O) groups is 3. The van der Waals surface area contributed by atoms with Crippen molar-refractivity contribution >= 4 is 23.3 Å². The van der Waals surface area contributed by atoms with E-state index in [9.17, 15) is 14.4 Å². The zero-order valence-corrected chi connectivity index (χ0v) is 15.3. The highest BCUT2D eigenvalue weighted by Gasteiger charge is 2.27. The second-order valence-electron chi connectivity index (χ2n) is 6.75. The molecule has 2 aliphatic rings. The van der Waals surface area contributed by atoms with Crippen molar-refractivity contribution in [3.05, 3.63) is 53.1 Å². The molecule has 2 aromatic carbocycles. The van der Waals surface area contributed by atoms with Crippen molar-refractivity contribution < 1.29 is 28.6 Å². The number of benzene rings is 2. The monoisotopic (exact) mass is 381 g/mol. The van der Waals surface area contributed by atoms with Crippen LogP contribution in [0.25, 0.3) is 0 Å². The van der Waals surface area contributed by atoms with E-state index in [4.69, 9.17) is 14.2 Å². The quantitative estimate of drug-likeness (QED) is 0.632. The van der Waals surface area contributed by atoms with E-state index in [-0.39, 0.29) is 30.6 Å². The van der Waals surface area contributed by atoms with Crippen LogP contribution < -0.4 is 14.8 Å². The van der Waals surface area contributed by atoms with Gasteiger partial charge >= 0.3 is 5.97 Å². The van der Waals surface area contributed by atoms with Gasteiger partial charge in [0.25, 0.3) is 0 Å². The number of ether oxygens (including phenoxy) is 3. The van der Waals surface area contributed by atoms with Gasteiger partial charge in [-0.1, -0.05) is 6.07 Å². The molecule has 1 amide bonds. The van der Waals surface area contributed by atoms with Crippen molar-refractivity contribution in [1.82, 2.24) is 0 Å². The molecule has 0 unspecified atom stereocenters. The van der Waals surface area contributed by atoms with Crippen molar-refractivity contribution in [2.24, 2.45) is 0 Å². The normalized spacial score (nSPS) is 16.9. The van der Waals surface area contributed by atoms with Crippen LogP contribution in [0.4, 0.5) is 5.69 Å². The summed E-state index contributed by atoms with van der Waals surface area (Å²) in [7, 11) is 0. The lowest BCUT2D eigenvalue weighted by Gasteiger charge is -2.18. The fourth-order valence-corrected chi connectivity index (χ4v) is 3.24. The van der Waals surface area contributed by atoms with E-state index in [1.165, 1.54) is 0 Å². The molecule has 2 heterocycles. The van der Waals surface area contributed by atoms with Crippen molar-refractivity contribution in [1.29, 1.82) is 0 Å². The number of Topliss-reactive ketones (excluding diaryl/α,β-unsaturated/α-hetero) is 1. The molecule has 0 aromatic heterocycles. The molecular weight excluding hydrogens is 362 g/mol. The molecule has 4 rings (SSSR count). The molecule has 0 fully saturated rings. The number of nitrogens with one attached hydrogen (secondary N) is 1. The smallest absolute Gasteiger partial charge is 0.310 e. The Labute approximate surface area is 161 Å². The molecule has 0 bridgehead atoms. The van der Waals surface area contributed by atoms with Crippen LogP contribution in [-0.4, -0.2) is 37.5 Å². The van der Waals surface area contributed by atoms with Gasteiger partial charge < -0.3 is 19.5 Å². The van der Waals surface area contributed by atoms with E-state index >= 15 is 0 Å². The highest BCUT2D eigenvalue weighted by molar-refractivity contribution is 6.05. The van der Waals surface area contributed by atoms with Crippen LogP contribution in [0.2, 0.25) is 0 Å². The Bertz CT molecular complexity index is 967. The average Bonchev–Trinajstić information content (AvgIpc) is 2.99. The molecule has 7 heteroatoms. The third-order valence-electron chi connectivity index (χ3n) is 4.81. The van der Waals surface area contributed by atoms with Crippen molar-refractivity contribution in [3.8, 4) is 11.5 Å². The minimum Gasteiger partial charge on any atom is -0.486 e. The molecule has 0 spiro atoms. The second kappa shape index (κ2) is 7.34. The van der Waals surface area contributed by atoms with Gasteiger partial charge in [-0.15, -0.1) is 0 Å². The lowest BCUT2D eigenvalue weighted by Crippen LogP contribution is -2.17. The number of carbonyl (C=O) groups excluding carboxylic acids is 3. The molecule has 0 saturated carbocycles. The highest BCUT2D eigenvalue weighted by atomic mass is 16.6. The predicted octanol–water partition coefficient (Wildman–Crippen LogP) is 2.48. The van der Waals surface area contributed by atoms with E-state index in [2.05, 4.69) is 5.32 Å². The Kier molecular flexibility index (Phi) is 4.73. The Morgan fingerprint density at radius 2 is 1.89 bits per heavy atom. The Morgan fingerprint density at radius 3 is 2.71 bits per heavy atom. The van der Waals surface area contributed by atoms with E-state index in [1.807, 2.05) is 0 Å². The topological polar surface area (TPSA) is 90.9 Å². The number of rotatable bonds is 5. The largest absolute Gasteiger partial charge is 0.486 e. The maximum atomic E-state index is 12.4. The van der Waals surface area contributed by atoms with E-state index < -0.39 is 5.97 Å². The van der Waals surface area contributed by atoms with Gasteiger partial charge in [-0.3, -0.25) is 14.4 Å². The lowest BCUT2D eigenvalue weighted by atomic mass is 9.99. The maximum Gasteiger partial charge on any atom is 0.310 e. The molecule has 1 atom stereocenters. The second-order valence-corrected chi connectivity index (χ2v) is 6.75. The first kappa shape index (κ1) is 18.0. The number of ketones is 1. The Balaban J connectivity index is 1.35. The molecule has 7 nitrogen and oxygen atoms in total. The Morgan fingerprint density at radius 1 is 1.11 bits per heavy atom. The molecule has 0 radical (unpaired) electrons. The summed E-state index contributed by atoms with van der Waals surface area (Å²) in [6.45, 7) is 2.40. The van der Waals surface area contributed by atoms with E-state index in [0.29, 0.717) is 36.0 Å². The first-order valence-corrected chi connectivity index (χ1v) is 9.03. The van der Waals surface area contributed by atoms with Crippen LogP contribution >= 0.6 is 0 Å². The number of fused-ring (bicyclic) bond motifs is 2. The van der Waals surface area contributed by atoms with Crippen LogP contribution in [0.1, 0.15) is 34.3 Å². The van der Waals surface area contributed by atoms with Crippen LogP contribution in [0, 0.1) is 0 Å². The SMILES string of the molecule is C[C@@H]1C(=O)Nc2ccc(C(=O)COC(=O)Cc3ccc4c(c3)OCCO4)cc21. The average molecular weight is 381 g/mol. The van der Waals surface area contributed by atoms with Gasteiger partial charge in [0.2, 0.25) is 5.91 Å².